The van der Waals surface area contributed by atoms with Crippen molar-refractivity contribution in [3.8, 4) is 0 Å². The molecule has 1 heterocycles. The monoisotopic (exact) mass is 314 g/mol. The first-order valence-corrected chi connectivity index (χ1v) is 7.95. The average Bonchev–Trinajstić information content (AvgIpc) is 3.03. The summed E-state index contributed by atoms with van der Waals surface area (Å²) in [6.45, 7) is 2.23. The van der Waals surface area contributed by atoms with E-state index in [1.54, 1.807) is 24.3 Å². The summed E-state index contributed by atoms with van der Waals surface area (Å²) in [5.41, 5.74) is 2.73. The molecule has 1 aliphatic heterocycles. The van der Waals surface area contributed by atoms with Gasteiger partial charge in [-0.25, -0.2) is 0 Å². The molecule has 22 heavy (non-hydrogen) atoms. The molecule has 3 rings (SSSR count). The number of carbonyl (C=O) groups is 1. The van der Waals surface area contributed by atoms with Crippen LogP contribution in [0.1, 0.15) is 22.3 Å². The summed E-state index contributed by atoms with van der Waals surface area (Å²) in [6, 6.07) is 15.0. The zero-order chi connectivity index (χ0) is 15.4. The average molecular weight is 315 g/mol. The number of anilines is 1. The van der Waals surface area contributed by atoms with Gasteiger partial charge in [0.15, 0.2) is 0 Å². The van der Waals surface area contributed by atoms with Gasteiger partial charge >= 0.3 is 0 Å². The Bertz CT molecular complexity index is 631. The van der Waals surface area contributed by atoms with Gasteiger partial charge in [0.25, 0.3) is 5.91 Å². The van der Waals surface area contributed by atoms with Gasteiger partial charge in [0, 0.05) is 16.3 Å². The molecule has 0 saturated carbocycles. The Morgan fingerprint density at radius 3 is 2.50 bits per heavy atom. The largest absolute Gasteiger partial charge is 0.322 e. The van der Waals surface area contributed by atoms with Crippen molar-refractivity contribution in [1.82, 2.24) is 5.32 Å². The van der Waals surface area contributed by atoms with Crippen LogP contribution in [0.2, 0.25) is 5.02 Å². The molecule has 1 atom stereocenters. The van der Waals surface area contributed by atoms with Crippen LogP contribution in [-0.2, 0) is 6.42 Å². The van der Waals surface area contributed by atoms with Gasteiger partial charge < -0.3 is 10.6 Å². The highest BCUT2D eigenvalue weighted by atomic mass is 35.5. The van der Waals surface area contributed by atoms with E-state index in [-0.39, 0.29) is 5.91 Å². The number of nitrogens with one attached hydrogen (secondary N) is 2. The molecule has 3 nitrogen and oxygen atoms in total. The first-order chi connectivity index (χ1) is 10.7. The van der Waals surface area contributed by atoms with Gasteiger partial charge in [-0.2, -0.15) is 0 Å². The number of hydrogen-bond donors (Lipinski definition) is 2. The Balaban J connectivity index is 1.60. The summed E-state index contributed by atoms with van der Waals surface area (Å²) in [5, 5.41) is 6.92. The smallest absolute Gasteiger partial charge is 0.255 e. The van der Waals surface area contributed by atoms with Gasteiger partial charge in [0.2, 0.25) is 0 Å². The van der Waals surface area contributed by atoms with Crippen molar-refractivity contribution in [2.24, 2.45) is 5.92 Å². The Kier molecular flexibility index (Phi) is 4.76. The first-order valence-electron chi connectivity index (χ1n) is 7.57. The summed E-state index contributed by atoms with van der Waals surface area (Å²) < 4.78 is 0. The van der Waals surface area contributed by atoms with Crippen LogP contribution in [0.3, 0.4) is 0 Å². The Hall–Kier alpha value is -1.84. The van der Waals surface area contributed by atoms with E-state index in [1.165, 1.54) is 12.0 Å². The maximum Gasteiger partial charge on any atom is 0.255 e. The van der Waals surface area contributed by atoms with Crippen LogP contribution < -0.4 is 10.6 Å². The van der Waals surface area contributed by atoms with Gasteiger partial charge in [0.05, 0.1) is 0 Å². The topological polar surface area (TPSA) is 41.1 Å². The molecule has 2 N–H and O–H groups in total. The highest BCUT2D eigenvalue weighted by Crippen LogP contribution is 2.18. The second kappa shape index (κ2) is 6.95. The van der Waals surface area contributed by atoms with Crippen LogP contribution >= 0.6 is 11.6 Å². The molecular formula is C18H19ClN2O. The SMILES string of the molecule is O=C(Nc1ccc(C[C@H]2CCNC2)cc1)c1ccc(Cl)cc1. The maximum absolute atomic E-state index is 12.1. The number of carbonyl (C=O) groups excluding carboxylic acids is 1. The zero-order valence-corrected chi connectivity index (χ0v) is 13.1. The van der Waals surface area contributed by atoms with E-state index in [0.717, 1.165) is 31.1 Å². The number of benzene rings is 2. The van der Waals surface area contributed by atoms with E-state index in [4.69, 9.17) is 11.6 Å². The third kappa shape index (κ3) is 3.87. The van der Waals surface area contributed by atoms with E-state index in [9.17, 15) is 4.79 Å². The molecular weight excluding hydrogens is 296 g/mol. The van der Waals surface area contributed by atoms with Crippen LogP contribution in [0.15, 0.2) is 48.5 Å². The lowest BCUT2D eigenvalue weighted by Crippen LogP contribution is -2.12. The van der Waals surface area contributed by atoms with Crippen molar-refractivity contribution in [2.75, 3.05) is 18.4 Å². The highest BCUT2D eigenvalue weighted by molar-refractivity contribution is 6.30. The fourth-order valence-electron chi connectivity index (χ4n) is 2.75. The lowest BCUT2D eigenvalue weighted by Gasteiger charge is -2.10. The summed E-state index contributed by atoms with van der Waals surface area (Å²) in [7, 11) is 0. The lowest BCUT2D eigenvalue weighted by molar-refractivity contribution is 0.102. The number of amides is 1. The summed E-state index contributed by atoms with van der Waals surface area (Å²) in [5.74, 6) is 0.610. The quantitative estimate of drug-likeness (QED) is 0.902. The lowest BCUT2D eigenvalue weighted by atomic mass is 9.98. The molecule has 0 aromatic heterocycles. The molecule has 114 valence electrons. The molecule has 0 aliphatic carbocycles. The number of halogens is 1. The predicted octanol–water partition coefficient (Wildman–Crippen LogP) is 3.74. The molecule has 4 heteroatoms. The van der Waals surface area contributed by atoms with Crippen LogP contribution in [0.25, 0.3) is 0 Å². The van der Waals surface area contributed by atoms with Gasteiger partial charge in [0.1, 0.15) is 0 Å². The normalized spacial score (nSPS) is 17.4. The van der Waals surface area contributed by atoms with E-state index in [0.29, 0.717) is 10.6 Å². The van der Waals surface area contributed by atoms with E-state index >= 15 is 0 Å². The Morgan fingerprint density at radius 1 is 1.14 bits per heavy atom. The second-order valence-corrected chi connectivity index (χ2v) is 6.16. The van der Waals surface area contributed by atoms with Crippen LogP contribution in [0.4, 0.5) is 5.69 Å². The van der Waals surface area contributed by atoms with Crippen molar-refractivity contribution < 1.29 is 4.79 Å². The summed E-state index contributed by atoms with van der Waals surface area (Å²) in [4.78, 5) is 12.1. The molecule has 0 radical (unpaired) electrons. The van der Waals surface area contributed by atoms with Gasteiger partial charge in [-0.05, 0) is 73.8 Å². The standard InChI is InChI=1S/C18H19ClN2O/c19-16-5-3-15(4-6-16)18(22)21-17-7-1-13(2-8-17)11-14-9-10-20-12-14/h1-8,14,20H,9-12H2,(H,21,22)/t14-/m1/s1. The molecule has 0 bridgehead atoms. The molecule has 0 unspecified atom stereocenters. The minimum Gasteiger partial charge on any atom is -0.322 e. The molecule has 2 aromatic rings. The number of rotatable bonds is 4. The zero-order valence-electron chi connectivity index (χ0n) is 12.3. The Labute approximate surface area is 135 Å². The van der Waals surface area contributed by atoms with Crippen LogP contribution in [0.5, 0.6) is 0 Å². The molecule has 1 amide bonds. The molecule has 1 aliphatic rings. The fraction of sp³-hybridized carbons (Fsp3) is 0.278. The third-order valence-corrected chi connectivity index (χ3v) is 4.26. The molecule has 1 fully saturated rings. The van der Waals surface area contributed by atoms with Gasteiger partial charge in [-0.15, -0.1) is 0 Å². The van der Waals surface area contributed by atoms with Crippen molar-refractivity contribution in [3.05, 3.63) is 64.7 Å². The van der Waals surface area contributed by atoms with E-state index in [1.807, 2.05) is 12.1 Å². The maximum atomic E-state index is 12.1. The van der Waals surface area contributed by atoms with Crippen molar-refractivity contribution in [1.29, 1.82) is 0 Å². The summed E-state index contributed by atoms with van der Waals surface area (Å²) >= 11 is 5.83. The fourth-order valence-corrected chi connectivity index (χ4v) is 2.88. The molecule has 1 saturated heterocycles. The molecule has 0 spiro atoms. The first kappa shape index (κ1) is 15.1. The second-order valence-electron chi connectivity index (χ2n) is 5.72. The van der Waals surface area contributed by atoms with Crippen molar-refractivity contribution in [2.45, 2.75) is 12.8 Å². The van der Waals surface area contributed by atoms with E-state index < -0.39 is 0 Å². The minimum absolute atomic E-state index is 0.121. The minimum atomic E-state index is -0.121. The van der Waals surface area contributed by atoms with Gasteiger partial charge in [-0.1, -0.05) is 23.7 Å². The van der Waals surface area contributed by atoms with Crippen molar-refractivity contribution >= 4 is 23.2 Å². The van der Waals surface area contributed by atoms with Crippen LogP contribution in [0, 0.1) is 5.92 Å². The predicted molar refractivity (Wildman–Crippen MR) is 90.5 cm³/mol. The third-order valence-electron chi connectivity index (χ3n) is 4.00. The summed E-state index contributed by atoms with van der Waals surface area (Å²) in [6.07, 6.45) is 2.34. The Morgan fingerprint density at radius 2 is 1.86 bits per heavy atom. The van der Waals surface area contributed by atoms with Crippen molar-refractivity contribution in [3.63, 3.8) is 0 Å². The van der Waals surface area contributed by atoms with Gasteiger partial charge in [-0.3, -0.25) is 4.79 Å². The van der Waals surface area contributed by atoms with E-state index in [2.05, 4.69) is 22.8 Å². The highest BCUT2D eigenvalue weighted by Gasteiger charge is 2.14. The van der Waals surface area contributed by atoms with Crippen LogP contribution in [-0.4, -0.2) is 19.0 Å². The molecule has 2 aromatic carbocycles. The number of hydrogen-bond acceptors (Lipinski definition) is 2.